The van der Waals surface area contributed by atoms with E-state index in [1.54, 1.807) is 12.1 Å². The van der Waals surface area contributed by atoms with Crippen LogP contribution < -0.4 is 5.73 Å². The molecule has 0 atom stereocenters. The summed E-state index contributed by atoms with van der Waals surface area (Å²) < 4.78 is 27.1. The van der Waals surface area contributed by atoms with Gasteiger partial charge in [-0.15, -0.1) is 0 Å². The smallest absolute Gasteiger partial charge is 0.244 e. The van der Waals surface area contributed by atoms with Crippen LogP contribution in [0.4, 0.5) is 0 Å². The molecule has 4 nitrogen and oxygen atoms in total. The number of halogens is 1. The van der Waals surface area contributed by atoms with E-state index in [1.807, 2.05) is 19.9 Å². The zero-order chi connectivity index (χ0) is 15.6. The van der Waals surface area contributed by atoms with Crippen molar-refractivity contribution in [1.82, 2.24) is 4.31 Å². The quantitative estimate of drug-likeness (QED) is 0.923. The van der Waals surface area contributed by atoms with Crippen molar-refractivity contribution in [3.05, 3.63) is 28.8 Å². The van der Waals surface area contributed by atoms with Crippen LogP contribution in [0.3, 0.4) is 0 Å². The molecule has 1 saturated heterocycles. The minimum absolute atomic E-state index is 0.224. The summed E-state index contributed by atoms with van der Waals surface area (Å²) in [5.74, 6) is 0.688. The highest BCUT2D eigenvalue weighted by molar-refractivity contribution is 7.89. The van der Waals surface area contributed by atoms with Crippen LogP contribution in [0.2, 0.25) is 5.02 Å². The van der Waals surface area contributed by atoms with E-state index >= 15 is 0 Å². The Balaban J connectivity index is 2.29. The predicted octanol–water partition coefficient (Wildman–Crippen LogP) is 2.82. The number of sulfonamides is 1. The van der Waals surface area contributed by atoms with Gasteiger partial charge in [0.1, 0.15) is 4.90 Å². The number of piperidine rings is 1. The van der Waals surface area contributed by atoms with Crippen molar-refractivity contribution in [2.24, 2.45) is 11.7 Å². The Hall–Kier alpha value is -0.620. The van der Waals surface area contributed by atoms with Gasteiger partial charge in [-0.1, -0.05) is 31.5 Å². The molecule has 118 valence electrons. The number of hydrogen-bond donors (Lipinski definition) is 1. The van der Waals surface area contributed by atoms with E-state index in [1.165, 1.54) is 4.31 Å². The number of hydrogen-bond acceptors (Lipinski definition) is 3. The lowest BCUT2D eigenvalue weighted by Gasteiger charge is -2.30. The SMILES string of the molecule is CC(C)c1ccc(Cl)c(S(=O)(=O)N2CCC(CN)CC2)c1. The fourth-order valence-electron chi connectivity index (χ4n) is 2.60. The first-order chi connectivity index (χ1) is 9.86. The van der Waals surface area contributed by atoms with Crippen molar-refractivity contribution in [3.8, 4) is 0 Å². The first-order valence-electron chi connectivity index (χ1n) is 7.36. The van der Waals surface area contributed by atoms with Gasteiger partial charge in [0, 0.05) is 13.1 Å². The molecule has 1 aromatic carbocycles. The maximum absolute atomic E-state index is 12.8. The molecular formula is C15H23ClN2O2S. The van der Waals surface area contributed by atoms with E-state index in [0.717, 1.165) is 18.4 Å². The first-order valence-corrected chi connectivity index (χ1v) is 9.17. The Morgan fingerprint density at radius 3 is 2.48 bits per heavy atom. The molecule has 0 bridgehead atoms. The van der Waals surface area contributed by atoms with Crippen LogP contribution >= 0.6 is 11.6 Å². The molecule has 0 radical (unpaired) electrons. The molecule has 1 aliphatic rings. The maximum atomic E-state index is 12.8. The van der Waals surface area contributed by atoms with Gasteiger partial charge in [-0.05, 0) is 48.9 Å². The average molecular weight is 331 g/mol. The summed E-state index contributed by atoms with van der Waals surface area (Å²) in [6.07, 6.45) is 1.63. The largest absolute Gasteiger partial charge is 0.330 e. The summed E-state index contributed by atoms with van der Waals surface area (Å²) in [5, 5.41) is 0.292. The zero-order valence-corrected chi connectivity index (χ0v) is 14.1. The topological polar surface area (TPSA) is 63.4 Å². The van der Waals surface area contributed by atoms with E-state index in [0.29, 0.717) is 30.6 Å². The number of benzene rings is 1. The maximum Gasteiger partial charge on any atom is 0.244 e. The molecule has 1 aliphatic heterocycles. The average Bonchev–Trinajstić information content (AvgIpc) is 2.47. The normalized spacial score (nSPS) is 18.3. The summed E-state index contributed by atoms with van der Waals surface area (Å²) in [4.78, 5) is 0.224. The Morgan fingerprint density at radius 1 is 1.33 bits per heavy atom. The van der Waals surface area contributed by atoms with Gasteiger partial charge >= 0.3 is 0 Å². The lowest BCUT2D eigenvalue weighted by molar-refractivity contribution is 0.278. The zero-order valence-electron chi connectivity index (χ0n) is 12.5. The van der Waals surface area contributed by atoms with Crippen molar-refractivity contribution in [2.75, 3.05) is 19.6 Å². The summed E-state index contributed by atoms with van der Waals surface area (Å²) in [6.45, 7) is 5.73. The Morgan fingerprint density at radius 2 is 1.95 bits per heavy atom. The van der Waals surface area contributed by atoms with Crippen LogP contribution in [0, 0.1) is 5.92 Å². The van der Waals surface area contributed by atoms with Crippen molar-refractivity contribution >= 4 is 21.6 Å². The van der Waals surface area contributed by atoms with Crippen molar-refractivity contribution in [2.45, 2.75) is 37.5 Å². The lowest BCUT2D eigenvalue weighted by Crippen LogP contribution is -2.40. The van der Waals surface area contributed by atoms with Crippen LogP contribution in [0.1, 0.15) is 38.2 Å². The second kappa shape index (κ2) is 6.65. The van der Waals surface area contributed by atoms with Crippen molar-refractivity contribution < 1.29 is 8.42 Å². The van der Waals surface area contributed by atoms with E-state index in [2.05, 4.69) is 0 Å². The molecule has 0 aliphatic carbocycles. The number of nitrogens with two attached hydrogens (primary N) is 1. The van der Waals surface area contributed by atoms with Crippen LogP contribution in [0.25, 0.3) is 0 Å². The van der Waals surface area contributed by atoms with Gasteiger partial charge in [0.25, 0.3) is 0 Å². The second-order valence-electron chi connectivity index (χ2n) is 5.93. The summed E-state index contributed by atoms with van der Waals surface area (Å²) >= 11 is 6.13. The highest BCUT2D eigenvalue weighted by Gasteiger charge is 2.30. The van der Waals surface area contributed by atoms with Crippen molar-refractivity contribution in [3.63, 3.8) is 0 Å². The van der Waals surface area contributed by atoms with E-state index in [4.69, 9.17) is 17.3 Å². The van der Waals surface area contributed by atoms with Gasteiger partial charge in [0.2, 0.25) is 10.0 Å². The molecule has 0 aromatic heterocycles. The molecule has 0 spiro atoms. The highest BCUT2D eigenvalue weighted by atomic mass is 35.5. The third kappa shape index (κ3) is 3.59. The highest BCUT2D eigenvalue weighted by Crippen LogP contribution is 2.30. The molecule has 0 saturated carbocycles. The van der Waals surface area contributed by atoms with Gasteiger partial charge in [-0.2, -0.15) is 4.31 Å². The second-order valence-corrected chi connectivity index (χ2v) is 8.24. The van der Waals surface area contributed by atoms with Gasteiger partial charge in [0.05, 0.1) is 5.02 Å². The Kier molecular flexibility index (Phi) is 5.30. The third-order valence-electron chi connectivity index (χ3n) is 4.15. The Bertz CT molecular complexity index is 594. The first kappa shape index (κ1) is 16.7. The molecule has 1 aromatic rings. The van der Waals surface area contributed by atoms with Crippen molar-refractivity contribution in [1.29, 1.82) is 0 Å². The predicted molar refractivity (Wildman–Crippen MR) is 86.1 cm³/mol. The lowest BCUT2D eigenvalue weighted by atomic mass is 9.99. The molecule has 0 unspecified atom stereocenters. The molecule has 2 rings (SSSR count). The van der Waals surface area contributed by atoms with Crippen LogP contribution in [-0.4, -0.2) is 32.4 Å². The van der Waals surface area contributed by atoms with E-state index in [-0.39, 0.29) is 10.8 Å². The molecular weight excluding hydrogens is 308 g/mol. The molecule has 1 heterocycles. The molecule has 1 fully saturated rings. The molecule has 21 heavy (non-hydrogen) atoms. The fourth-order valence-corrected chi connectivity index (χ4v) is 4.58. The van der Waals surface area contributed by atoms with Crippen LogP contribution in [0.15, 0.2) is 23.1 Å². The minimum Gasteiger partial charge on any atom is -0.330 e. The number of rotatable bonds is 4. The van der Waals surface area contributed by atoms with Gasteiger partial charge in [-0.25, -0.2) is 8.42 Å². The summed E-state index contributed by atoms with van der Waals surface area (Å²) in [7, 11) is -3.52. The Labute approximate surface area is 132 Å². The minimum atomic E-state index is -3.52. The summed E-state index contributed by atoms with van der Waals surface area (Å²) in [6, 6.07) is 5.26. The van der Waals surface area contributed by atoms with E-state index < -0.39 is 10.0 Å². The molecule has 2 N–H and O–H groups in total. The third-order valence-corrected chi connectivity index (χ3v) is 6.53. The van der Waals surface area contributed by atoms with Gasteiger partial charge < -0.3 is 5.73 Å². The van der Waals surface area contributed by atoms with Gasteiger partial charge in [0.15, 0.2) is 0 Å². The standard InChI is InChI=1S/C15H23ClN2O2S/c1-11(2)13-3-4-14(16)15(9-13)21(19,20)18-7-5-12(10-17)6-8-18/h3-4,9,11-12H,5-8,10,17H2,1-2H3. The molecule has 6 heteroatoms. The van der Waals surface area contributed by atoms with E-state index in [9.17, 15) is 8.42 Å². The summed E-state index contributed by atoms with van der Waals surface area (Å²) in [5.41, 5.74) is 6.64. The van der Waals surface area contributed by atoms with Crippen LogP contribution in [-0.2, 0) is 10.0 Å². The monoisotopic (exact) mass is 330 g/mol. The number of nitrogens with zero attached hydrogens (tertiary/aromatic N) is 1. The molecule has 0 amide bonds. The van der Waals surface area contributed by atoms with Crippen LogP contribution in [0.5, 0.6) is 0 Å². The fraction of sp³-hybridized carbons (Fsp3) is 0.600. The van der Waals surface area contributed by atoms with Gasteiger partial charge in [-0.3, -0.25) is 0 Å².